The molecule has 0 saturated carbocycles. The minimum atomic E-state index is -4.71. The first kappa shape index (κ1) is 10.5. The lowest BCUT2D eigenvalue weighted by molar-refractivity contribution is -0.251. The fourth-order valence-electron chi connectivity index (χ4n) is 0.364. The first-order valence-corrected chi connectivity index (χ1v) is 2.65. The van der Waals surface area contributed by atoms with Crippen LogP contribution in [0.3, 0.4) is 0 Å². The van der Waals surface area contributed by atoms with Crippen LogP contribution in [0.15, 0.2) is 4.99 Å². The van der Waals surface area contributed by atoms with Crippen molar-refractivity contribution < 1.29 is 23.1 Å². The van der Waals surface area contributed by atoms with Crippen molar-refractivity contribution in [2.45, 2.75) is 6.18 Å². The summed E-state index contributed by atoms with van der Waals surface area (Å²) in [5.41, 5.74) is 2.53. The summed E-state index contributed by atoms with van der Waals surface area (Å²) >= 11 is 0. The maximum Gasteiger partial charge on any atom is 0.450 e. The molecule has 0 saturated heterocycles. The average molecular weight is 184 g/mol. The lowest BCUT2D eigenvalue weighted by Gasteiger charge is -2.13. The summed E-state index contributed by atoms with van der Waals surface area (Å²) in [7, 11) is 0.868. The Hall–Kier alpha value is -1.47. The highest BCUT2D eigenvalue weighted by atomic mass is 19.4. The Bertz CT molecular complexity index is 200. The average Bonchev–Trinajstić information content (AvgIpc) is 1.85. The van der Waals surface area contributed by atoms with Crippen molar-refractivity contribution in [3.8, 4) is 0 Å². The molecule has 0 heterocycles. The summed E-state index contributed by atoms with van der Waals surface area (Å²) in [5.74, 6) is -1.44. The van der Waals surface area contributed by atoms with Gasteiger partial charge in [0.25, 0.3) is 0 Å². The smallest absolute Gasteiger partial charge is 0.450 e. The summed E-state index contributed by atoms with van der Waals surface area (Å²) < 4.78 is 35.2. The fourth-order valence-corrected chi connectivity index (χ4v) is 0.364. The van der Waals surface area contributed by atoms with Gasteiger partial charge in [0.05, 0.1) is 0 Å². The number of amidine groups is 1. The molecule has 0 rings (SSSR count). The number of alkyl halides is 3. The van der Waals surface area contributed by atoms with Crippen molar-refractivity contribution in [1.29, 1.82) is 0 Å². The van der Waals surface area contributed by atoms with Gasteiger partial charge >= 0.3 is 6.18 Å². The topological polar surface area (TPSA) is 76.5 Å². The summed E-state index contributed by atoms with van der Waals surface area (Å²) in [6, 6.07) is 0. The van der Waals surface area contributed by atoms with Crippen LogP contribution in [0.5, 0.6) is 0 Å². The van der Waals surface area contributed by atoms with Crippen LogP contribution in [-0.2, 0) is 0 Å². The van der Waals surface area contributed by atoms with E-state index in [0.717, 1.165) is 7.05 Å². The third kappa shape index (κ3) is 3.64. The maximum atomic E-state index is 11.7. The molecule has 70 valence electrons. The van der Waals surface area contributed by atoms with Crippen molar-refractivity contribution in [2.24, 2.45) is 4.99 Å². The Morgan fingerprint density at radius 2 is 1.92 bits per heavy atom. The minimum Gasteiger partial charge on any atom is -0.529 e. The van der Waals surface area contributed by atoms with Crippen LogP contribution in [0, 0.1) is 0 Å². The lowest BCUT2D eigenvalue weighted by Crippen LogP contribution is -2.52. The molecule has 0 spiro atoms. The molecule has 0 bridgehead atoms. The number of hydrogen-bond acceptors (Lipinski definition) is 3. The van der Waals surface area contributed by atoms with E-state index < -0.39 is 18.1 Å². The van der Waals surface area contributed by atoms with Gasteiger partial charge in [-0.05, 0) is 0 Å². The molecule has 0 unspecified atom stereocenters. The van der Waals surface area contributed by atoms with Gasteiger partial charge < -0.3 is 9.90 Å². The molecule has 0 fully saturated rings. The quantitative estimate of drug-likeness (QED) is 0.288. The molecule has 0 aromatic heterocycles. The molecule has 2 N–H and O–H groups in total. The Morgan fingerprint density at radius 1 is 1.42 bits per heavy atom. The van der Waals surface area contributed by atoms with Gasteiger partial charge in [0.15, 0.2) is 6.09 Å². The number of hydrogen-bond donors (Lipinski definition) is 2. The van der Waals surface area contributed by atoms with Gasteiger partial charge in [-0.25, -0.2) is 0 Å². The van der Waals surface area contributed by atoms with Crippen molar-refractivity contribution >= 4 is 11.9 Å². The second-order valence-corrected chi connectivity index (χ2v) is 1.61. The third-order valence-corrected chi connectivity index (χ3v) is 0.775. The van der Waals surface area contributed by atoms with Gasteiger partial charge in [-0.3, -0.25) is 15.8 Å². The number of carbonyl (C=O) groups is 1. The van der Waals surface area contributed by atoms with E-state index >= 15 is 0 Å². The molecule has 0 aliphatic carbocycles. The molecule has 0 atom stereocenters. The van der Waals surface area contributed by atoms with Gasteiger partial charge in [0, 0.05) is 7.05 Å². The molecule has 0 aromatic rings. The Labute approximate surface area is 65.3 Å². The van der Waals surface area contributed by atoms with Gasteiger partial charge in [-0.15, -0.1) is 0 Å². The summed E-state index contributed by atoms with van der Waals surface area (Å²) in [4.78, 5) is 12.4. The highest BCUT2D eigenvalue weighted by molar-refractivity contribution is 5.88. The van der Waals surface area contributed by atoms with E-state index in [-0.39, 0.29) is 0 Å². The lowest BCUT2D eigenvalue weighted by atomic mass is 10.6. The van der Waals surface area contributed by atoms with Crippen molar-refractivity contribution in [3.63, 3.8) is 0 Å². The molecule has 1 amide bonds. The number of nitrogens with zero attached hydrogens (tertiary/aromatic N) is 1. The molecule has 0 aliphatic rings. The number of rotatable bonds is 0. The Kier molecular flexibility index (Phi) is 3.32. The highest BCUT2D eigenvalue weighted by Crippen LogP contribution is 2.14. The summed E-state index contributed by atoms with van der Waals surface area (Å²) in [6.45, 7) is 0. The van der Waals surface area contributed by atoms with E-state index in [4.69, 9.17) is 0 Å². The van der Waals surface area contributed by atoms with Crippen LogP contribution in [0.25, 0.3) is 0 Å². The monoisotopic (exact) mass is 184 g/mol. The predicted octanol–water partition coefficient (Wildman–Crippen LogP) is -0.986. The second kappa shape index (κ2) is 3.79. The first-order chi connectivity index (χ1) is 5.38. The van der Waals surface area contributed by atoms with E-state index in [1.807, 2.05) is 0 Å². The van der Waals surface area contributed by atoms with E-state index in [1.54, 1.807) is 0 Å². The van der Waals surface area contributed by atoms with E-state index in [1.165, 1.54) is 10.9 Å². The molecular weight excluding hydrogens is 179 g/mol. The molecule has 0 radical (unpaired) electrons. The van der Waals surface area contributed by atoms with Gasteiger partial charge in [0.2, 0.25) is 5.84 Å². The second-order valence-electron chi connectivity index (χ2n) is 1.61. The molecule has 0 aromatic carbocycles. The zero-order valence-corrected chi connectivity index (χ0v) is 5.90. The summed E-state index contributed by atoms with van der Waals surface area (Å²) in [5, 5.41) is 9.64. The van der Waals surface area contributed by atoms with Crippen LogP contribution in [0.4, 0.5) is 18.0 Å². The van der Waals surface area contributed by atoms with E-state index in [2.05, 4.69) is 4.99 Å². The number of halogens is 3. The number of carbonyl (C=O) groups excluding carboxylic acids is 1. The Balaban J connectivity index is 4.13. The van der Waals surface area contributed by atoms with Crippen molar-refractivity contribution in [1.82, 2.24) is 10.9 Å². The van der Waals surface area contributed by atoms with Crippen LogP contribution in [0.1, 0.15) is 0 Å². The normalized spacial score (nSPS) is 12.5. The van der Waals surface area contributed by atoms with Gasteiger partial charge in [0.1, 0.15) is 0 Å². The maximum absolute atomic E-state index is 11.7. The van der Waals surface area contributed by atoms with Gasteiger partial charge in [-0.1, -0.05) is 0 Å². The number of carboxylic acid groups (broad SMARTS) is 1. The third-order valence-electron chi connectivity index (χ3n) is 0.775. The number of nitrogens with one attached hydrogen (secondary N) is 2. The SMILES string of the molecule is CN=C(NNC(=O)[O-])C(F)(F)F. The van der Waals surface area contributed by atoms with Crippen LogP contribution in [-0.4, -0.2) is 25.2 Å². The molecular formula is C4H5F3N3O2-. The number of amides is 1. The molecule has 8 heteroatoms. The Morgan fingerprint density at radius 3 is 2.17 bits per heavy atom. The molecule has 0 aliphatic heterocycles. The van der Waals surface area contributed by atoms with Crippen molar-refractivity contribution in [2.75, 3.05) is 7.05 Å². The zero-order valence-electron chi connectivity index (χ0n) is 5.90. The number of hydrazine groups is 1. The highest BCUT2D eigenvalue weighted by Gasteiger charge is 2.35. The van der Waals surface area contributed by atoms with E-state index in [9.17, 15) is 23.1 Å². The van der Waals surface area contributed by atoms with E-state index in [0.29, 0.717) is 0 Å². The largest absolute Gasteiger partial charge is 0.529 e. The first-order valence-electron chi connectivity index (χ1n) is 2.65. The van der Waals surface area contributed by atoms with Crippen LogP contribution < -0.4 is 16.0 Å². The van der Waals surface area contributed by atoms with Crippen molar-refractivity contribution in [3.05, 3.63) is 0 Å². The predicted molar refractivity (Wildman–Crippen MR) is 31.1 cm³/mol. The molecule has 12 heavy (non-hydrogen) atoms. The fraction of sp³-hybridized carbons (Fsp3) is 0.500. The number of aliphatic imine (C=N–C) groups is 1. The minimum absolute atomic E-state index is 0.868. The van der Waals surface area contributed by atoms with Gasteiger partial charge in [-0.2, -0.15) is 13.2 Å². The standard InChI is InChI=1S/C4H6F3N3O2/c1-8-2(4(5,6)7)9-10-3(11)12/h10H,1H3,(H,8,9)(H,11,12)/p-1. The van der Waals surface area contributed by atoms with Crippen LogP contribution >= 0.6 is 0 Å². The van der Waals surface area contributed by atoms with Crippen LogP contribution in [0.2, 0.25) is 0 Å². The summed E-state index contributed by atoms with van der Waals surface area (Å²) in [6.07, 6.45) is -6.59. The molecule has 5 nitrogen and oxygen atoms in total. The zero-order chi connectivity index (χ0) is 9.78.